The third-order valence-corrected chi connectivity index (χ3v) is 6.28. The van der Waals surface area contributed by atoms with Crippen molar-refractivity contribution in [3.8, 4) is 0 Å². The van der Waals surface area contributed by atoms with E-state index in [9.17, 15) is 13.2 Å². The molecule has 0 bridgehead atoms. The van der Waals surface area contributed by atoms with Crippen molar-refractivity contribution in [1.29, 1.82) is 0 Å². The van der Waals surface area contributed by atoms with Gasteiger partial charge in [0.05, 0.1) is 0 Å². The molecule has 1 aliphatic heterocycles. The van der Waals surface area contributed by atoms with Crippen LogP contribution in [-0.4, -0.2) is 33.9 Å². The van der Waals surface area contributed by atoms with Gasteiger partial charge in [0.1, 0.15) is 12.8 Å². The van der Waals surface area contributed by atoms with E-state index < -0.39 is 27.3 Å². The molecule has 1 aliphatic rings. The molecule has 0 amide bonds. The molecule has 0 N–H and O–H groups in total. The molecular weight excluding hydrogens is 209 g/mol. The molecule has 5 heteroatoms. The van der Waals surface area contributed by atoms with Crippen molar-refractivity contribution in [3.05, 3.63) is 0 Å². The van der Waals surface area contributed by atoms with Crippen LogP contribution in [0.2, 0.25) is 18.6 Å². The van der Waals surface area contributed by atoms with Gasteiger partial charge in [-0.25, -0.2) is 13.2 Å². The summed E-state index contributed by atoms with van der Waals surface area (Å²) in [4.78, 5) is 0. The van der Waals surface area contributed by atoms with Gasteiger partial charge in [-0.2, -0.15) is 0 Å². The molecule has 1 rings (SSSR count). The van der Waals surface area contributed by atoms with Gasteiger partial charge >= 0.3 is 0 Å². The summed E-state index contributed by atoms with van der Waals surface area (Å²) in [6, 6.07) is 0.963. The summed E-state index contributed by atoms with van der Waals surface area (Å²) in [7, 11) is -2.06. The van der Waals surface area contributed by atoms with Gasteiger partial charge in [0.25, 0.3) is 0 Å². The largest absolute Gasteiger partial charge is 0.417 e. The van der Waals surface area contributed by atoms with E-state index in [4.69, 9.17) is 4.43 Å². The van der Waals surface area contributed by atoms with Crippen LogP contribution in [0.3, 0.4) is 0 Å². The lowest BCUT2D eigenvalue weighted by molar-refractivity contribution is 0.142. The molecule has 0 aromatic carbocycles. The van der Waals surface area contributed by atoms with Gasteiger partial charge in [0, 0.05) is 12.7 Å². The highest BCUT2D eigenvalue weighted by Gasteiger charge is 2.37. The summed E-state index contributed by atoms with van der Waals surface area (Å²) >= 11 is 0. The number of hydrogen-bond donors (Lipinski definition) is 0. The van der Waals surface area contributed by atoms with Crippen molar-refractivity contribution in [1.82, 2.24) is 0 Å². The molecule has 3 atom stereocenters. The Morgan fingerprint density at radius 1 is 1.29 bits per heavy atom. The Labute approximate surface area is 83.8 Å². The maximum atomic E-state index is 13.2. The molecule has 1 saturated heterocycles. The zero-order valence-electron chi connectivity index (χ0n) is 8.44. The first-order valence-electron chi connectivity index (χ1n) is 5.05. The SMILES string of the molecule is C[Si]1(CC(F)C(F)CF)CCCCO1. The maximum Gasteiger partial charge on any atom is 0.192 e. The van der Waals surface area contributed by atoms with E-state index in [2.05, 4.69) is 0 Å². The van der Waals surface area contributed by atoms with Crippen LogP contribution in [0.4, 0.5) is 13.2 Å². The van der Waals surface area contributed by atoms with E-state index in [1.165, 1.54) is 0 Å². The monoisotopic (exact) mass is 226 g/mol. The van der Waals surface area contributed by atoms with Gasteiger partial charge in [0.15, 0.2) is 14.5 Å². The lowest BCUT2D eigenvalue weighted by atomic mass is 10.3. The fourth-order valence-electron chi connectivity index (χ4n) is 1.79. The molecule has 84 valence electrons. The Bertz CT molecular complexity index is 173. The van der Waals surface area contributed by atoms with Crippen molar-refractivity contribution >= 4 is 8.32 Å². The Kier molecular flexibility index (Phi) is 4.44. The minimum absolute atomic E-state index is 0.0953. The van der Waals surface area contributed by atoms with Crippen LogP contribution in [0.5, 0.6) is 0 Å². The van der Waals surface area contributed by atoms with E-state index in [1.807, 2.05) is 6.55 Å². The van der Waals surface area contributed by atoms with Crippen molar-refractivity contribution in [2.45, 2.75) is 43.8 Å². The molecule has 0 aromatic rings. The first-order valence-corrected chi connectivity index (χ1v) is 7.88. The molecule has 1 fully saturated rings. The Morgan fingerprint density at radius 2 is 2.00 bits per heavy atom. The minimum Gasteiger partial charge on any atom is -0.417 e. The average Bonchev–Trinajstić information content (AvgIpc) is 2.17. The van der Waals surface area contributed by atoms with Crippen LogP contribution in [0.1, 0.15) is 12.8 Å². The van der Waals surface area contributed by atoms with Crippen LogP contribution in [0.25, 0.3) is 0 Å². The lowest BCUT2D eigenvalue weighted by Crippen LogP contribution is -2.42. The predicted octanol–water partition coefficient (Wildman–Crippen LogP) is 3.02. The number of hydrogen-bond acceptors (Lipinski definition) is 1. The first-order chi connectivity index (χ1) is 6.57. The third kappa shape index (κ3) is 3.27. The third-order valence-electron chi connectivity index (χ3n) is 2.72. The Balaban J connectivity index is 2.40. The van der Waals surface area contributed by atoms with Gasteiger partial charge in [-0.3, -0.25) is 0 Å². The van der Waals surface area contributed by atoms with Gasteiger partial charge in [0.2, 0.25) is 0 Å². The normalized spacial score (nSPS) is 32.6. The minimum atomic E-state index is -2.06. The molecule has 1 nitrogen and oxygen atoms in total. The van der Waals surface area contributed by atoms with Crippen LogP contribution in [0, 0.1) is 0 Å². The Morgan fingerprint density at radius 3 is 2.50 bits per heavy atom. The van der Waals surface area contributed by atoms with Gasteiger partial charge in [-0.1, -0.05) is 6.42 Å². The predicted molar refractivity (Wildman–Crippen MR) is 52.2 cm³/mol. The van der Waals surface area contributed by atoms with Crippen molar-refractivity contribution in [3.63, 3.8) is 0 Å². The molecule has 1 heterocycles. The molecule has 0 radical (unpaired) electrons. The lowest BCUT2D eigenvalue weighted by Gasteiger charge is -2.32. The maximum absolute atomic E-state index is 13.2. The zero-order valence-corrected chi connectivity index (χ0v) is 9.44. The van der Waals surface area contributed by atoms with Gasteiger partial charge in [-0.15, -0.1) is 0 Å². The summed E-state index contributed by atoms with van der Waals surface area (Å²) in [6.07, 6.45) is -1.62. The smallest absolute Gasteiger partial charge is 0.192 e. The molecule has 0 spiro atoms. The summed E-state index contributed by atoms with van der Waals surface area (Å²) in [6.45, 7) is 1.33. The second-order valence-electron chi connectivity index (χ2n) is 4.15. The van der Waals surface area contributed by atoms with E-state index >= 15 is 0 Å². The number of halogens is 3. The van der Waals surface area contributed by atoms with Gasteiger partial charge < -0.3 is 4.43 Å². The molecule has 3 unspecified atom stereocenters. The Hall–Kier alpha value is -0.0331. The molecule has 0 aromatic heterocycles. The van der Waals surface area contributed by atoms with E-state index in [0.717, 1.165) is 18.9 Å². The zero-order chi connectivity index (χ0) is 10.6. The summed E-state index contributed by atoms with van der Waals surface area (Å²) in [5, 5.41) is 0. The fraction of sp³-hybridized carbons (Fsp3) is 1.00. The van der Waals surface area contributed by atoms with Crippen molar-refractivity contribution in [2.24, 2.45) is 0 Å². The standard InChI is InChI=1S/C9H17F3OSi/c1-14(5-3-2-4-13-14)7-9(12)8(11)6-10/h8-9H,2-7H2,1H3. The second kappa shape index (κ2) is 5.16. The fourth-order valence-corrected chi connectivity index (χ4v) is 4.97. The van der Waals surface area contributed by atoms with Crippen LogP contribution in [-0.2, 0) is 4.43 Å². The number of alkyl halides is 3. The number of rotatable bonds is 4. The molecule has 0 saturated carbocycles. The summed E-state index contributed by atoms with van der Waals surface area (Å²) in [5.41, 5.74) is 0. The highest BCUT2D eigenvalue weighted by Crippen LogP contribution is 2.29. The van der Waals surface area contributed by atoms with Gasteiger partial charge in [-0.05, 0) is 19.0 Å². The van der Waals surface area contributed by atoms with Crippen LogP contribution >= 0.6 is 0 Å². The topological polar surface area (TPSA) is 9.23 Å². The average molecular weight is 226 g/mol. The molecule has 14 heavy (non-hydrogen) atoms. The highest BCUT2D eigenvalue weighted by atomic mass is 28.4. The van der Waals surface area contributed by atoms with Crippen molar-refractivity contribution in [2.75, 3.05) is 13.3 Å². The first kappa shape index (κ1) is 12.0. The highest BCUT2D eigenvalue weighted by molar-refractivity contribution is 6.72. The van der Waals surface area contributed by atoms with Crippen molar-refractivity contribution < 1.29 is 17.6 Å². The summed E-state index contributed by atoms with van der Waals surface area (Å²) in [5.74, 6) is 0. The second-order valence-corrected chi connectivity index (χ2v) is 8.24. The van der Waals surface area contributed by atoms with E-state index in [-0.39, 0.29) is 6.04 Å². The molecule has 0 aliphatic carbocycles. The van der Waals surface area contributed by atoms with E-state index in [1.54, 1.807) is 0 Å². The molecular formula is C9H17F3OSi. The van der Waals surface area contributed by atoms with Crippen LogP contribution in [0.15, 0.2) is 0 Å². The van der Waals surface area contributed by atoms with Crippen LogP contribution < -0.4 is 0 Å². The quantitative estimate of drug-likeness (QED) is 0.670. The summed E-state index contributed by atoms with van der Waals surface area (Å²) < 4.78 is 43.2. The van der Waals surface area contributed by atoms with E-state index in [0.29, 0.717) is 6.61 Å².